The highest BCUT2D eigenvalue weighted by Crippen LogP contribution is 2.10. The highest BCUT2D eigenvalue weighted by molar-refractivity contribution is 6.03. The second-order valence-corrected chi connectivity index (χ2v) is 4.72. The van der Waals surface area contributed by atoms with E-state index >= 15 is 0 Å². The van der Waals surface area contributed by atoms with Gasteiger partial charge < -0.3 is 10.6 Å². The Bertz CT molecular complexity index is 658. The quantitative estimate of drug-likeness (QED) is 0.800. The summed E-state index contributed by atoms with van der Waals surface area (Å²) >= 11 is 0. The van der Waals surface area contributed by atoms with Crippen molar-refractivity contribution in [1.29, 1.82) is 5.26 Å². The van der Waals surface area contributed by atoms with Crippen molar-refractivity contribution in [2.24, 2.45) is 0 Å². The second kappa shape index (κ2) is 7.74. The number of aromatic nitrogens is 2. The van der Waals surface area contributed by atoms with E-state index in [1.54, 1.807) is 24.3 Å². The minimum Gasteiger partial charge on any atom is -0.354 e. The minimum absolute atomic E-state index is 0.287. The smallest absolute Gasteiger partial charge is 0.258 e. The second-order valence-electron chi connectivity index (χ2n) is 4.72. The number of unbranched alkanes of at least 4 members (excludes halogenated alkanes) is 1. The molecule has 0 fully saturated rings. The van der Waals surface area contributed by atoms with Gasteiger partial charge in [-0.1, -0.05) is 13.3 Å². The highest BCUT2D eigenvalue weighted by atomic mass is 16.1. The van der Waals surface area contributed by atoms with Crippen molar-refractivity contribution >= 4 is 17.5 Å². The first kappa shape index (κ1) is 15.4. The van der Waals surface area contributed by atoms with Crippen LogP contribution in [-0.4, -0.2) is 22.4 Å². The Morgan fingerprint density at radius 1 is 1.23 bits per heavy atom. The average Bonchev–Trinajstić information content (AvgIpc) is 2.56. The van der Waals surface area contributed by atoms with Crippen LogP contribution in [-0.2, 0) is 0 Å². The molecule has 0 saturated carbocycles. The van der Waals surface area contributed by atoms with E-state index < -0.39 is 0 Å². The van der Waals surface area contributed by atoms with Gasteiger partial charge in [-0.2, -0.15) is 5.26 Å². The Balaban J connectivity index is 1.95. The van der Waals surface area contributed by atoms with E-state index in [4.69, 9.17) is 5.26 Å². The molecule has 0 radical (unpaired) electrons. The van der Waals surface area contributed by atoms with E-state index in [9.17, 15) is 4.79 Å². The predicted octanol–water partition coefficient (Wildman–Crippen LogP) is 2.81. The van der Waals surface area contributed by atoms with Crippen molar-refractivity contribution in [2.75, 3.05) is 17.2 Å². The molecule has 6 heteroatoms. The summed E-state index contributed by atoms with van der Waals surface area (Å²) < 4.78 is 0. The molecule has 0 aliphatic rings. The van der Waals surface area contributed by atoms with E-state index in [-0.39, 0.29) is 5.91 Å². The van der Waals surface area contributed by atoms with Crippen LogP contribution in [0.15, 0.2) is 36.7 Å². The lowest BCUT2D eigenvalue weighted by Crippen LogP contribution is -2.13. The van der Waals surface area contributed by atoms with Crippen molar-refractivity contribution in [1.82, 2.24) is 9.97 Å². The number of anilines is 2. The molecule has 22 heavy (non-hydrogen) atoms. The van der Waals surface area contributed by atoms with Crippen LogP contribution in [0.2, 0.25) is 0 Å². The topological polar surface area (TPSA) is 90.7 Å². The maximum atomic E-state index is 12.1. The number of amides is 1. The van der Waals surface area contributed by atoms with Crippen molar-refractivity contribution in [3.63, 3.8) is 0 Å². The Labute approximate surface area is 129 Å². The van der Waals surface area contributed by atoms with Gasteiger partial charge in [0.1, 0.15) is 0 Å². The molecule has 0 unspecified atom stereocenters. The molecule has 0 saturated heterocycles. The fraction of sp³-hybridized carbons (Fsp3) is 0.250. The fourth-order valence-electron chi connectivity index (χ4n) is 1.74. The first-order valence-electron chi connectivity index (χ1n) is 7.10. The standard InChI is InChI=1S/C16H17N5O/c1-2-3-8-18-16-19-10-13(11-20-16)15(22)21-14-6-4-12(9-17)5-7-14/h4-7,10-11H,2-3,8H2,1H3,(H,21,22)(H,18,19,20). The van der Waals surface area contributed by atoms with Crippen LogP contribution in [0.4, 0.5) is 11.6 Å². The maximum Gasteiger partial charge on any atom is 0.258 e. The number of rotatable bonds is 6. The Morgan fingerprint density at radius 3 is 2.50 bits per heavy atom. The summed E-state index contributed by atoms with van der Waals surface area (Å²) in [5, 5.41) is 14.6. The lowest BCUT2D eigenvalue weighted by atomic mass is 10.2. The van der Waals surface area contributed by atoms with Crippen LogP contribution in [0.1, 0.15) is 35.7 Å². The molecule has 2 N–H and O–H groups in total. The predicted molar refractivity (Wildman–Crippen MR) is 84.5 cm³/mol. The number of nitriles is 1. The van der Waals surface area contributed by atoms with Crippen LogP contribution >= 0.6 is 0 Å². The molecule has 112 valence electrons. The van der Waals surface area contributed by atoms with Gasteiger partial charge in [0.2, 0.25) is 5.95 Å². The first-order chi connectivity index (χ1) is 10.7. The van der Waals surface area contributed by atoms with Gasteiger partial charge in [-0.3, -0.25) is 4.79 Å². The molecular formula is C16H17N5O. The SMILES string of the molecule is CCCCNc1ncc(C(=O)Nc2ccc(C#N)cc2)cn1. The molecule has 1 aromatic heterocycles. The minimum atomic E-state index is -0.287. The van der Waals surface area contributed by atoms with Crippen molar-refractivity contribution in [3.05, 3.63) is 47.8 Å². The van der Waals surface area contributed by atoms with Crippen molar-refractivity contribution in [2.45, 2.75) is 19.8 Å². The molecule has 2 aromatic rings. The number of benzene rings is 1. The summed E-state index contributed by atoms with van der Waals surface area (Å²) in [6.07, 6.45) is 5.11. The van der Waals surface area contributed by atoms with Gasteiger partial charge in [0.15, 0.2) is 0 Å². The lowest BCUT2D eigenvalue weighted by molar-refractivity contribution is 0.102. The van der Waals surface area contributed by atoms with Gasteiger partial charge in [-0.05, 0) is 30.7 Å². The summed E-state index contributed by atoms with van der Waals surface area (Å²) in [6, 6.07) is 8.68. The lowest BCUT2D eigenvalue weighted by Gasteiger charge is -2.06. The van der Waals surface area contributed by atoms with E-state index in [1.807, 2.05) is 6.07 Å². The van der Waals surface area contributed by atoms with Gasteiger partial charge >= 0.3 is 0 Å². The Morgan fingerprint density at radius 2 is 1.91 bits per heavy atom. The molecule has 0 spiro atoms. The molecule has 2 rings (SSSR count). The van der Waals surface area contributed by atoms with Crippen LogP contribution in [0.25, 0.3) is 0 Å². The van der Waals surface area contributed by atoms with Gasteiger partial charge in [-0.15, -0.1) is 0 Å². The molecule has 0 aliphatic carbocycles. The number of carbonyl (C=O) groups excluding carboxylic acids is 1. The number of carbonyl (C=O) groups is 1. The van der Waals surface area contributed by atoms with Gasteiger partial charge in [0.05, 0.1) is 17.2 Å². The number of nitrogens with zero attached hydrogens (tertiary/aromatic N) is 3. The van der Waals surface area contributed by atoms with E-state index in [0.717, 1.165) is 19.4 Å². The van der Waals surface area contributed by atoms with Crippen molar-refractivity contribution < 1.29 is 4.79 Å². The van der Waals surface area contributed by atoms with Crippen LogP contribution in [0.5, 0.6) is 0 Å². The van der Waals surface area contributed by atoms with E-state index in [1.165, 1.54) is 12.4 Å². The molecule has 1 aromatic carbocycles. The highest BCUT2D eigenvalue weighted by Gasteiger charge is 2.07. The molecule has 0 bridgehead atoms. The summed E-state index contributed by atoms with van der Waals surface area (Å²) in [4.78, 5) is 20.3. The first-order valence-corrected chi connectivity index (χ1v) is 7.10. The zero-order valence-electron chi connectivity index (χ0n) is 12.3. The third-order valence-corrected chi connectivity index (χ3v) is 3.00. The van der Waals surface area contributed by atoms with Crippen molar-refractivity contribution in [3.8, 4) is 6.07 Å². The molecule has 1 amide bonds. The van der Waals surface area contributed by atoms with Crippen LogP contribution in [0.3, 0.4) is 0 Å². The summed E-state index contributed by atoms with van der Waals surface area (Å²) in [7, 11) is 0. The van der Waals surface area contributed by atoms with Crippen LogP contribution in [0, 0.1) is 11.3 Å². The fourth-order valence-corrected chi connectivity index (χ4v) is 1.74. The molecular weight excluding hydrogens is 278 g/mol. The van der Waals surface area contributed by atoms with E-state index in [0.29, 0.717) is 22.8 Å². The summed E-state index contributed by atoms with van der Waals surface area (Å²) in [6.45, 7) is 2.92. The Kier molecular flexibility index (Phi) is 5.44. The van der Waals surface area contributed by atoms with Gasteiger partial charge in [-0.25, -0.2) is 9.97 Å². The molecule has 0 aliphatic heterocycles. The summed E-state index contributed by atoms with van der Waals surface area (Å²) in [5.41, 5.74) is 1.54. The number of hydrogen-bond donors (Lipinski definition) is 2. The maximum absolute atomic E-state index is 12.1. The van der Waals surface area contributed by atoms with Gasteiger partial charge in [0.25, 0.3) is 5.91 Å². The monoisotopic (exact) mass is 295 g/mol. The van der Waals surface area contributed by atoms with Crippen LogP contribution < -0.4 is 10.6 Å². The number of hydrogen-bond acceptors (Lipinski definition) is 5. The molecule has 0 atom stereocenters. The summed E-state index contributed by atoms with van der Waals surface area (Å²) in [5.74, 6) is 0.230. The largest absolute Gasteiger partial charge is 0.354 e. The third kappa shape index (κ3) is 4.28. The third-order valence-electron chi connectivity index (χ3n) is 3.00. The normalized spacial score (nSPS) is 9.82. The Hall–Kier alpha value is -2.94. The average molecular weight is 295 g/mol. The van der Waals surface area contributed by atoms with E-state index in [2.05, 4.69) is 27.5 Å². The zero-order valence-corrected chi connectivity index (χ0v) is 12.3. The molecule has 6 nitrogen and oxygen atoms in total. The van der Waals surface area contributed by atoms with Gasteiger partial charge in [0, 0.05) is 24.6 Å². The molecule has 1 heterocycles. The number of nitrogens with one attached hydrogen (secondary N) is 2. The zero-order chi connectivity index (χ0) is 15.8.